The highest BCUT2D eigenvalue weighted by Gasteiger charge is 2.21. The summed E-state index contributed by atoms with van der Waals surface area (Å²) in [5, 5.41) is 3.51. The lowest BCUT2D eigenvalue weighted by Gasteiger charge is -2.19. The van der Waals surface area contributed by atoms with E-state index in [-0.39, 0.29) is 0 Å². The summed E-state index contributed by atoms with van der Waals surface area (Å²) in [6, 6.07) is 13.7. The first-order valence-electron chi connectivity index (χ1n) is 10.1. The van der Waals surface area contributed by atoms with Crippen LogP contribution in [0.2, 0.25) is 0 Å². The van der Waals surface area contributed by atoms with Gasteiger partial charge in [-0.1, -0.05) is 30.3 Å². The van der Waals surface area contributed by atoms with Crippen LogP contribution in [0, 0.1) is 0 Å². The normalized spacial score (nSPS) is 13.2. The van der Waals surface area contributed by atoms with Crippen molar-refractivity contribution in [2.24, 2.45) is 5.73 Å². The number of aromatic nitrogens is 4. The van der Waals surface area contributed by atoms with Gasteiger partial charge in [-0.25, -0.2) is 15.0 Å². The lowest BCUT2D eigenvalue weighted by atomic mass is 9.96. The van der Waals surface area contributed by atoms with Gasteiger partial charge >= 0.3 is 0 Å². The number of fused-ring (bicyclic) bond motifs is 2. The molecule has 150 valence electrons. The van der Waals surface area contributed by atoms with E-state index < -0.39 is 5.91 Å². The first kappa shape index (κ1) is 18.3. The molecule has 0 unspecified atom stereocenters. The van der Waals surface area contributed by atoms with E-state index in [4.69, 9.17) is 15.7 Å². The minimum Gasteiger partial charge on any atom is -0.366 e. The minimum absolute atomic E-state index is 0.427. The number of carbonyl (C=O) groups excluding carboxylic acids is 1. The van der Waals surface area contributed by atoms with Crippen molar-refractivity contribution in [3.63, 3.8) is 0 Å². The van der Waals surface area contributed by atoms with Gasteiger partial charge in [0.2, 0.25) is 0 Å². The van der Waals surface area contributed by atoms with E-state index in [2.05, 4.69) is 22.4 Å². The number of carbonyl (C=O) groups is 1. The van der Waals surface area contributed by atoms with Crippen LogP contribution < -0.4 is 11.1 Å². The number of hydrogen-bond acceptors (Lipinski definition) is 5. The molecular weight excluding hydrogens is 376 g/mol. The summed E-state index contributed by atoms with van der Waals surface area (Å²) in [5.41, 5.74) is 10.1. The number of primary amides is 1. The lowest BCUT2D eigenvalue weighted by Crippen LogP contribution is -2.14. The Balaban J connectivity index is 1.58. The maximum absolute atomic E-state index is 11.8. The molecule has 0 fully saturated rings. The maximum atomic E-state index is 11.8. The molecule has 0 spiro atoms. The molecule has 4 aromatic rings. The van der Waals surface area contributed by atoms with Crippen molar-refractivity contribution in [2.75, 3.05) is 5.32 Å². The number of amides is 1. The zero-order valence-corrected chi connectivity index (χ0v) is 16.5. The van der Waals surface area contributed by atoms with Crippen LogP contribution in [0.1, 0.15) is 40.0 Å². The fraction of sp³-hybridized carbons (Fsp3) is 0.217. The van der Waals surface area contributed by atoms with Gasteiger partial charge in [-0.2, -0.15) is 0 Å². The van der Waals surface area contributed by atoms with Crippen LogP contribution in [0.25, 0.3) is 17.2 Å². The Hall–Kier alpha value is -3.74. The Bertz CT molecular complexity index is 1230. The van der Waals surface area contributed by atoms with Crippen LogP contribution in [-0.2, 0) is 19.4 Å². The Morgan fingerprint density at radius 2 is 1.90 bits per heavy atom. The molecule has 30 heavy (non-hydrogen) atoms. The molecule has 0 atom stereocenters. The fourth-order valence-corrected chi connectivity index (χ4v) is 4.02. The molecule has 3 aromatic heterocycles. The van der Waals surface area contributed by atoms with Crippen molar-refractivity contribution in [2.45, 2.75) is 32.2 Å². The van der Waals surface area contributed by atoms with Crippen LogP contribution in [0.15, 0.2) is 54.9 Å². The van der Waals surface area contributed by atoms with Crippen molar-refractivity contribution in [3.8, 4) is 11.6 Å². The number of nitrogens with zero attached hydrogens (tertiary/aromatic N) is 4. The number of hydrogen-bond donors (Lipinski definition) is 2. The SMILES string of the molecule is NC(=O)c1cccn2c(-c3nc4c(c(NCc5ccccc5)n3)CCCC4)ncc12. The van der Waals surface area contributed by atoms with Crippen LogP contribution in [0.4, 0.5) is 5.82 Å². The summed E-state index contributed by atoms with van der Waals surface area (Å²) in [6.45, 7) is 0.692. The third kappa shape index (κ3) is 3.28. The van der Waals surface area contributed by atoms with E-state index in [0.717, 1.165) is 37.2 Å². The summed E-state index contributed by atoms with van der Waals surface area (Å²) in [5.74, 6) is 1.53. The Morgan fingerprint density at radius 3 is 2.73 bits per heavy atom. The van der Waals surface area contributed by atoms with Gasteiger partial charge in [0.15, 0.2) is 11.6 Å². The molecule has 0 aliphatic heterocycles. The zero-order chi connectivity index (χ0) is 20.5. The molecule has 1 aliphatic rings. The molecule has 0 radical (unpaired) electrons. The molecule has 1 aliphatic carbocycles. The molecule has 0 bridgehead atoms. The fourth-order valence-electron chi connectivity index (χ4n) is 4.02. The summed E-state index contributed by atoms with van der Waals surface area (Å²) >= 11 is 0. The number of imidazole rings is 1. The molecule has 1 amide bonds. The summed E-state index contributed by atoms with van der Waals surface area (Å²) in [4.78, 5) is 26.0. The second-order valence-corrected chi connectivity index (χ2v) is 7.49. The van der Waals surface area contributed by atoms with Crippen molar-refractivity contribution >= 4 is 17.2 Å². The smallest absolute Gasteiger partial charge is 0.250 e. The molecule has 3 heterocycles. The average Bonchev–Trinajstić information content (AvgIpc) is 3.22. The van der Waals surface area contributed by atoms with Crippen molar-refractivity contribution in [3.05, 3.63) is 77.2 Å². The monoisotopic (exact) mass is 398 g/mol. The Morgan fingerprint density at radius 1 is 1.07 bits per heavy atom. The number of anilines is 1. The predicted molar refractivity (Wildman–Crippen MR) is 115 cm³/mol. The van der Waals surface area contributed by atoms with Gasteiger partial charge in [-0.15, -0.1) is 0 Å². The van der Waals surface area contributed by atoms with Gasteiger partial charge < -0.3 is 11.1 Å². The standard InChI is InChI=1S/C23H22N6O/c24-20(30)17-10-6-12-29-19(17)14-26-23(29)22-27-18-11-5-4-9-16(18)21(28-22)25-13-15-7-2-1-3-8-15/h1-3,6-8,10,12,14H,4-5,9,11,13H2,(H2,24,30)(H,25,27,28). The molecular formula is C23H22N6O. The molecule has 7 nitrogen and oxygen atoms in total. The van der Waals surface area contributed by atoms with Crippen molar-refractivity contribution < 1.29 is 4.79 Å². The number of pyridine rings is 1. The molecule has 1 aromatic carbocycles. The van der Waals surface area contributed by atoms with Crippen LogP contribution in [0.5, 0.6) is 0 Å². The highest BCUT2D eigenvalue weighted by atomic mass is 16.1. The largest absolute Gasteiger partial charge is 0.366 e. The zero-order valence-electron chi connectivity index (χ0n) is 16.5. The topological polar surface area (TPSA) is 98.2 Å². The van der Waals surface area contributed by atoms with Crippen LogP contribution >= 0.6 is 0 Å². The molecule has 7 heteroatoms. The second kappa shape index (κ2) is 7.59. The van der Waals surface area contributed by atoms with Gasteiger partial charge in [0, 0.05) is 24.0 Å². The average molecular weight is 398 g/mol. The number of nitrogens with one attached hydrogen (secondary N) is 1. The first-order valence-corrected chi connectivity index (χ1v) is 10.1. The van der Waals surface area contributed by atoms with Gasteiger partial charge in [-0.3, -0.25) is 9.20 Å². The Kier molecular flexibility index (Phi) is 4.63. The molecule has 0 saturated carbocycles. The Labute approximate surface area is 174 Å². The van der Waals surface area contributed by atoms with Crippen molar-refractivity contribution in [1.29, 1.82) is 0 Å². The quantitative estimate of drug-likeness (QED) is 0.537. The first-order chi connectivity index (χ1) is 14.7. The minimum atomic E-state index is -0.483. The van der Waals surface area contributed by atoms with E-state index in [9.17, 15) is 4.79 Å². The predicted octanol–water partition coefficient (Wildman–Crippen LogP) is 3.38. The summed E-state index contributed by atoms with van der Waals surface area (Å²) in [7, 11) is 0. The number of rotatable bonds is 5. The van der Waals surface area contributed by atoms with Gasteiger partial charge in [0.25, 0.3) is 5.91 Å². The molecule has 5 rings (SSSR count). The maximum Gasteiger partial charge on any atom is 0.250 e. The van der Waals surface area contributed by atoms with E-state index in [1.165, 1.54) is 11.1 Å². The van der Waals surface area contributed by atoms with E-state index in [1.54, 1.807) is 18.3 Å². The molecule has 0 saturated heterocycles. The van der Waals surface area contributed by atoms with Gasteiger partial charge in [-0.05, 0) is 43.4 Å². The highest BCUT2D eigenvalue weighted by Crippen LogP contribution is 2.29. The lowest BCUT2D eigenvalue weighted by molar-refractivity contribution is 0.100. The van der Waals surface area contributed by atoms with Crippen molar-refractivity contribution in [1.82, 2.24) is 19.4 Å². The molecule has 3 N–H and O–H groups in total. The highest BCUT2D eigenvalue weighted by molar-refractivity contribution is 5.99. The van der Waals surface area contributed by atoms with Crippen LogP contribution in [0.3, 0.4) is 0 Å². The van der Waals surface area contributed by atoms with Crippen LogP contribution in [-0.4, -0.2) is 25.3 Å². The third-order valence-corrected chi connectivity index (χ3v) is 5.52. The third-order valence-electron chi connectivity index (χ3n) is 5.52. The number of nitrogens with two attached hydrogens (primary N) is 1. The number of benzene rings is 1. The van der Waals surface area contributed by atoms with Gasteiger partial charge in [0.05, 0.1) is 17.3 Å². The number of aryl methyl sites for hydroxylation is 1. The summed E-state index contributed by atoms with van der Waals surface area (Å²) < 4.78 is 1.83. The van der Waals surface area contributed by atoms with Gasteiger partial charge in [0.1, 0.15) is 5.82 Å². The second-order valence-electron chi connectivity index (χ2n) is 7.49. The van der Waals surface area contributed by atoms with E-state index >= 15 is 0 Å². The van der Waals surface area contributed by atoms with E-state index in [1.807, 2.05) is 28.8 Å². The summed E-state index contributed by atoms with van der Waals surface area (Å²) in [6.07, 6.45) is 7.67. The van der Waals surface area contributed by atoms with E-state index in [0.29, 0.717) is 29.3 Å².